The number of carbonyl (C=O) groups is 1. The second-order valence-corrected chi connectivity index (χ2v) is 5.29. The average molecular weight is 255 g/mol. The van der Waals surface area contributed by atoms with E-state index in [0.29, 0.717) is 18.8 Å². The number of Topliss-reactive ketones (excluding diaryl/α,β-unsaturated/α-hetero) is 1. The highest BCUT2D eigenvalue weighted by atomic mass is 32.2. The predicted molar refractivity (Wildman–Crippen MR) is 65.0 cm³/mol. The lowest BCUT2D eigenvalue weighted by molar-refractivity contribution is -0.119. The monoisotopic (exact) mass is 255 g/mol. The summed E-state index contributed by atoms with van der Waals surface area (Å²) in [5, 5.41) is 8.84. The van der Waals surface area contributed by atoms with Gasteiger partial charge in [-0.2, -0.15) is 0 Å². The van der Waals surface area contributed by atoms with Gasteiger partial charge in [-0.3, -0.25) is 4.79 Å². The molecule has 1 fully saturated rings. The number of carbonyl (C=O) groups excluding carboxylic acids is 1. The van der Waals surface area contributed by atoms with Gasteiger partial charge in [-0.05, 0) is 12.8 Å². The van der Waals surface area contributed by atoms with Gasteiger partial charge in [0.15, 0.2) is 5.16 Å². The van der Waals surface area contributed by atoms with Crippen LogP contribution in [0.4, 0.5) is 0 Å². The minimum absolute atomic E-state index is 0.0641. The number of ketones is 1. The normalized spacial score (nSPS) is 20.8. The lowest BCUT2D eigenvalue weighted by Gasteiger charge is -2.19. The van der Waals surface area contributed by atoms with Gasteiger partial charge < -0.3 is 9.30 Å². The van der Waals surface area contributed by atoms with Gasteiger partial charge in [0.2, 0.25) is 0 Å². The van der Waals surface area contributed by atoms with Crippen LogP contribution in [0, 0.1) is 0 Å². The number of thioether (sulfide) groups is 1. The van der Waals surface area contributed by atoms with Crippen LogP contribution in [0.2, 0.25) is 0 Å². The zero-order valence-electron chi connectivity index (χ0n) is 9.96. The molecule has 0 amide bonds. The molecule has 0 aliphatic heterocycles. The first-order chi connectivity index (χ1) is 8.31. The Balaban J connectivity index is 1.97. The van der Waals surface area contributed by atoms with Crippen molar-refractivity contribution in [2.75, 3.05) is 13.7 Å². The van der Waals surface area contributed by atoms with Crippen LogP contribution < -0.4 is 0 Å². The van der Waals surface area contributed by atoms with E-state index in [1.165, 1.54) is 0 Å². The highest BCUT2D eigenvalue weighted by molar-refractivity contribution is 8.00. The largest absolute Gasteiger partial charge is 0.383 e. The summed E-state index contributed by atoms with van der Waals surface area (Å²) < 4.78 is 6.97. The summed E-state index contributed by atoms with van der Waals surface area (Å²) in [6.07, 6.45) is 5.53. The fourth-order valence-corrected chi connectivity index (χ4v) is 3.04. The van der Waals surface area contributed by atoms with E-state index in [1.807, 2.05) is 4.57 Å². The fraction of sp³-hybridized carbons (Fsp3) is 0.727. The summed E-state index contributed by atoms with van der Waals surface area (Å²) >= 11 is 1.54. The van der Waals surface area contributed by atoms with Crippen LogP contribution in [0.25, 0.3) is 0 Å². The fourth-order valence-electron chi connectivity index (χ4n) is 1.88. The van der Waals surface area contributed by atoms with Crippen molar-refractivity contribution >= 4 is 17.5 Å². The Labute approximate surface area is 105 Å². The molecule has 1 saturated carbocycles. The Morgan fingerprint density at radius 2 is 2.47 bits per heavy atom. The lowest BCUT2D eigenvalue weighted by Crippen LogP contribution is -2.22. The van der Waals surface area contributed by atoms with Crippen LogP contribution in [-0.4, -0.2) is 39.5 Å². The summed E-state index contributed by atoms with van der Waals surface area (Å²) in [7, 11) is 1.67. The average Bonchev–Trinajstić information content (AvgIpc) is 2.77. The number of hydrogen-bond donors (Lipinski definition) is 0. The molecule has 94 valence electrons. The third-order valence-corrected chi connectivity index (χ3v) is 4.17. The maximum absolute atomic E-state index is 11.7. The number of methoxy groups -OCH3 is 1. The molecule has 0 N–H and O–H groups in total. The molecule has 1 aliphatic carbocycles. The van der Waals surface area contributed by atoms with Gasteiger partial charge >= 0.3 is 0 Å². The third kappa shape index (κ3) is 3.29. The van der Waals surface area contributed by atoms with Crippen LogP contribution in [0.5, 0.6) is 0 Å². The summed E-state index contributed by atoms with van der Waals surface area (Å²) in [6, 6.07) is 0. The van der Waals surface area contributed by atoms with Crippen LogP contribution in [0.15, 0.2) is 11.5 Å². The molecule has 1 heterocycles. The summed E-state index contributed by atoms with van der Waals surface area (Å²) in [6.45, 7) is 1.36. The number of hydrogen-bond acceptors (Lipinski definition) is 5. The maximum atomic E-state index is 11.7. The Morgan fingerprint density at radius 1 is 1.59 bits per heavy atom. The molecule has 1 atom stereocenters. The van der Waals surface area contributed by atoms with Gasteiger partial charge in [-0.15, -0.1) is 10.2 Å². The van der Waals surface area contributed by atoms with Crippen molar-refractivity contribution in [1.82, 2.24) is 14.8 Å². The van der Waals surface area contributed by atoms with Crippen molar-refractivity contribution in [2.24, 2.45) is 0 Å². The topological polar surface area (TPSA) is 57.0 Å². The molecule has 1 aliphatic rings. The summed E-state index contributed by atoms with van der Waals surface area (Å²) in [5.74, 6) is 0.350. The number of aromatic nitrogens is 3. The lowest BCUT2D eigenvalue weighted by atomic mass is 9.99. The summed E-state index contributed by atoms with van der Waals surface area (Å²) in [5.41, 5.74) is 0. The van der Waals surface area contributed by atoms with Crippen molar-refractivity contribution in [2.45, 2.75) is 42.6 Å². The molecule has 0 saturated heterocycles. The molecule has 0 radical (unpaired) electrons. The first-order valence-electron chi connectivity index (χ1n) is 5.87. The number of rotatable bonds is 5. The van der Waals surface area contributed by atoms with Gasteiger partial charge in [-0.1, -0.05) is 18.2 Å². The van der Waals surface area contributed by atoms with Gasteiger partial charge in [0.05, 0.1) is 11.9 Å². The molecular weight excluding hydrogens is 238 g/mol. The van der Waals surface area contributed by atoms with E-state index in [1.54, 1.807) is 25.2 Å². The Bertz CT molecular complexity index is 381. The Morgan fingerprint density at radius 3 is 3.24 bits per heavy atom. The quantitative estimate of drug-likeness (QED) is 0.798. The predicted octanol–water partition coefficient (Wildman–Crippen LogP) is 1.53. The molecule has 0 aromatic carbocycles. The van der Waals surface area contributed by atoms with Crippen LogP contribution in [0.3, 0.4) is 0 Å². The van der Waals surface area contributed by atoms with E-state index in [9.17, 15) is 4.79 Å². The van der Waals surface area contributed by atoms with Crippen molar-refractivity contribution < 1.29 is 9.53 Å². The van der Waals surface area contributed by atoms with E-state index in [4.69, 9.17) is 4.74 Å². The Kier molecular flexibility index (Phi) is 4.56. The van der Waals surface area contributed by atoms with Gasteiger partial charge in [0, 0.05) is 20.1 Å². The molecule has 17 heavy (non-hydrogen) atoms. The van der Waals surface area contributed by atoms with Crippen LogP contribution in [0.1, 0.15) is 25.7 Å². The van der Waals surface area contributed by atoms with E-state index in [-0.39, 0.29) is 5.25 Å². The third-order valence-electron chi connectivity index (χ3n) is 2.86. The minimum atomic E-state index is 0.0641. The molecule has 0 bridgehead atoms. The molecule has 6 heteroatoms. The molecule has 1 aromatic rings. The Hall–Kier alpha value is -0.880. The van der Waals surface area contributed by atoms with Crippen LogP contribution in [-0.2, 0) is 16.1 Å². The number of ether oxygens (including phenoxy) is 1. The van der Waals surface area contributed by atoms with Crippen molar-refractivity contribution in [3.63, 3.8) is 0 Å². The molecule has 0 spiro atoms. The van der Waals surface area contributed by atoms with Crippen molar-refractivity contribution in [3.05, 3.63) is 6.33 Å². The molecule has 0 unspecified atom stereocenters. The SMILES string of the molecule is COCCn1cnnc1S[C@H]1CCCCC1=O. The molecular formula is C11H17N3O2S. The maximum Gasteiger partial charge on any atom is 0.191 e. The van der Waals surface area contributed by atoms with Gasteiger partial charge in [0.25, 0.3) is 0 Å². The zero-order valence-corrected chi connectivity index (χ0v) is 10.8. The van der Waals surface area contributed by atoms with E-state index < -0.39 is 0 Å². The second kappa shape index (κ2) is 6.16. The first-order valence-corrected chi connectivity index (χ1v) is 6.75. The zero-order chi connectivity index (χ0) is 12.1. The second-order valence-electron chi connectivity index (χ2n) is 4.12. The minimum Gasteiger partial charge on any atom is -0.383 e. The summed E-state index contributed by atoms with van der Waals surface area (Å²) in [4.78, 5) is 11.7. The molecule has 1 aromatic heterocycles. The van der Waals surface area contributed by atoms with Crippen molar-refractivity contribution in [1.29, 1.82) is 0 Å². The smallest absolute Gasteiger partial charge is 0.191 e. The van der Waals surface area contributed by atoms with E-state index in [0.717, 1.165) is 31.0 Å². The van der Waals surface area contributed by atoms with Crippen molar-refractivity contribution in [3.8, 4) is 0 Å². The molecule has 5 nitrogen and oxygen atoms in total. The van der Waals surface area contributed by atoms with E-state index in [2.05, 4.69) is 10.2 Å². The highest BCUT2D eigenvalue weighted by Crippen LogP contribution is 2.30. The first kappa shape index (κ1) is 12.6. The number of nitrogens with zero attached hydrogens (tertiary/aromatic N) is 3. The van der Waals surface area contributed by atoms with Crippen LogP contribution >= 0.6 is 11.8 Å². The standard InChI is InChI=1S/C11H17N3O2S/c1-16-7-6-14-8-12-13-11(14)17-10-5-3-2-4-9(10)15/h8,10H,2-7H2,1H3/t10-/m0/s1. The van der Waals surface area contributed by atoms with E-state index >= 15 is 0 Å². The van der Waals surface area contributed by atoms with Gasteiger partial charge in [0.1, 0.15) is 12.1 Å². The molecule has 2 rings (SSSR count). The highest BCUT2D eigenvalue weighted by Gasteiger charge is 2.24. The van der Waals surface area contributed by atoms with Gasteiger partial charge in [-0.25, -0.2) is 0 Å².